The molecule has 0 spiro atoms. The topological polar surface area (TPSA) is 59.9 Å². The molecule has 0 saturated carbocycles. The lowest BCUT2D eigenvalue weighted by Gasteiger charge is -2.20. The van der Waals surface area contributed by atoms with Gasteiger partial charge in [-0.15, -0.1) is 0 Å². The monoisotopic (exact) mass is 318 g/mol. The Labute approximate surface area is 132 Å². The summed E-state index contributed by atoms with van der Waals surface area (Å²) in [4.78, 5) is 8.85. The standard InChI is InChI=1S/C18H10N2O2S/c21-23(22)15-10-11-4-1-2-5-12(11)13-7-9-19-17(16(13)15)14-6-3-8-20-18(14)23/h1-10H. The number of benzene rings is 2. The Bertz CT molecular complexity index is 1230. The minimum atomic E-state index is -3.65. The third-order valence-electron chi connectivity index (χ3n) is 4.31. The SMILES string of the molecule is O=S1(=O)c2ncccc2-c2nccc3c2c1cc1ccccc13. The van der Waals surface area contributed by atoms with E-state index >= 15 is 0 Å². The van der Waals surface area contributed by atoms with Crippen LogP contribution in [0.15, 0.2) is 70.8 Å². The first-order chi connectivity index (χ1) is 11.2. The van der Waals surface area contributed by atoms with Crippen molar-refractivity contribution in [3.05, 3.63) is 60.9 Å². The van der Waals surface area contributed by atoms with Gasteiger partial charge in [-0.2, -0.15) is 0 Å². The van der Waals surface area contributed by atoms with E-state index in [-0.39, 0.29) is 5.03 Å². The maximum absolute atomic E-state index is 13.0. The van der Waals surface area contributed by atoms with Gasteiger partial charge in [0.25, 0.3) is 0 Å². The molecule has 0 amide bonds. The van der Waals surface area contributed by atoms with E-state index in [1.165, 1.54) is 6.20 Å². The molecule has 0 N–H and O–H groups in total. The van der Waals surface area contributed by atoms with Crippen molar-refractivity contribution in [3.63, 3.8) is 0 Å². The van der Waals surface area contributed by atoms with Crippen LogP contribution in [0.5, 0.6) is 0 Å². The van der Waals surface area contributed by atoms with Crippen molar-refractivity contribution in [1.29, 1.82) is 0 Å². The summed E-state index contributed by atoms with van der Waals surface area (Å²) >= 11 is 0. The Morgan fingerprint density at radius 2 is 1.70 bits per heavy atom. The first kappa shape index (κ1) is 12.7. The first-order valence-corrected chi connectivity index (χ1v) is 8.67. The molecule has 23 heavy (non-hydrogen) atoms. The zero-order valence-electron chi connectivity index (χ0n) is 11.9. The maximum atomic E-state index is 13.0. The zero-order valence-corrected chi connectivity index (χ0v) is 12.7. The van der Waals surface area contributed by atoms with Crippen LogP contribution in [-0.4, -0.2) is 18.4 Å². The number of hydrogen-bond acceptors (Lipinski definition) is 4. The fraction of sp³-hybridized carbons (Fsp3) is 0. The molecular formula is C18H10N2O2S. The molecule has 4 nitrogen and oxygen atoms in total. The van der Waals surface area contributed by atoms with Gasteiger partial charge in [-0.25, -0.2) is 13.4 Å². The highest BCUT2D eigenvalue weighted by Crippen LogP contribution is 2.44. The summed E-state index contributed by atoms with van der Waals surface area (Å²) in [7, 11) is -3.65. The number of aromatic nitrogens is 2. The molecule has 2 aromatic carbocycles. The van der Waals surface area contributed by atoms with Crippen LogP contribution in [0.25, 0.3) is 32.8 Å². The largest absolute Gasteiger partial charge is 0.255 e. The van der Waals surface area contributed by atoms with Crippen LogP contribution in [0.3, 0.4) is 0 Å². The lowest BCUT2D eigenvalue weighted by Crippen LogP contribution is -2.12. The highest BCUT2D eigenvalue weighted by Gasteiger charge is 2.33. The quantitative estimate of drug-likeness (QED) is 0.409. The van der Waals surface area contributed by atoms with Crippen molar-refractivity contribution in [3.8, 4) is 11.3 Å². The van der Waals surface area contributed by atoms with Gasteiger partial charge in [-0.05, 0) is 40.4 Å². The molecule has 5 heteroatoms. The second kappa shape index (κ2) is 4.14. The predicted molar refractivity (Wildman–Crippen MR) is 87.9 cm³/mol. The molecule has 0 fully saturated rings. The summed E-state index contributed by atoms with van der Waals surface area (Å²) < 4.78 is 26.1. The van der Waals surface area contributed by atoms with Crippen LogP contribution in [0.2, 0.25) is 0 Å². The number of fused-ring (bicyclic) bond motifs is 4. The van der Waals surface area contributed by atoms with E-state index in [2.05, 4.69) is 9.97 Å². The van der Waals surface area contributed by atoms with Crippen molar-refractivity contribution in [2.45, 2.75) is 9.92 Å². The Balaban J connectivity index is 2.15. The highest BCUT2D eigenvalue weighted by atomic mass is 32.2. The van der Waals surface area contributed by atoms with E-state index in [4.69, 9.17) is 0 Å². The maximum Gasteiger partial charge on any atom is 0.225 e. The molecule has 1 aliphatic rings. The average Bonchev–Trinajstić information content (AvgIpc) is 2.59. The van der Waals surface area contributed by atoms with Gasteiger partial charge in [0.2, 0.25) is 9.84 Å². The lowest BCUT2D eigenvalue weighted by molar-refractivity contribution is 0.593. The second-order valence-corrected chi connectivity index (χ2v) is 7.37. The summed E-state index contributed by atoms with van der Waals surface area (Å²) in [6.45, 7) is 0. The molecule has 0 aliphatic carbocycles. The van der Waals surface area contributed by atoms with Gasteiger partial charge in [-0.3, -0.25) is 4.98 Å². The molecular weight excluding hydrogens is 308 g/mol. The van der Waals surface area contributed by atoms with E-state index in [0.717, 1.165) is 16.2 Å². The van der Waals surface area contributed by atoms with E-state index in [0.29, 0.717) is 21.5 Å². The molecule has 3 heterocycles. The fourth-order valence-corrected chi connectivity index (χ4v) is 4.94. The highest BCUT2D eigenvalue weighted by molar-refractivity contribution is 7.91. The number of sulfone groups is 1. The van der Waals surface area contributed by atoms with Crippen molar-refractivity contribution in [1.82, 2.24) is 9.97 Å². The molecule has 110 valence electrons. The van der Waals surface area contributed by atoms with Crippen LogP contribution in [0.1, 0.15) is 0 Å². The Morgan fingerprint density at radius 1 is 0.826 bits per heavy atom. The molecule has 0 saturated heterocycles. The van der Waals surface area contributed by atoms with Crippen molar-refractivity contribution in [2.75, 3.05) is 0 Å². The van der Waals surface area contributed by atoms with Gasteiger partial charge in [0, 0.05) is 23.3 Å². The Hall–Kier alpha value is -2.79. The molecule has 5 rings (SSSR count). The van der Waals surface area contributed by atoms with Crippen molar-refractivity contribution in [2.24, 2.45) is 0 Å². The summed E-state index contributed by atoms with van der Waals surface area (Å²) in [6.07, 6.45) is 3.23. The predicted octanol–water partition coefficient (Wildman–Crippen LogP) is 3.60. The third-order valence-corrected chi connectivity index (χ3v) is 6.04. The fourth-order valence-electron chi connectivity index (χ4n) is 3.32. The molecule has 0 radical (unpaired) electrons. The van der Waals surface area contributed by atoms with E-state index in [1.807, 2.05) is 30.3 Å². The molecule has 0 unspecified atom stereocenters. The van der Waals surface area contributed by atoms with Gasteiger partial charge in [0.05, 0.1) is 10.6 Å². The molecule has 0 bridgehead atoms. The lowest BCUT2D eigenvalue weighted by atomic mass is 9.99. The van der Waals surface area contributed by atoms with E-state index < -0.39 is 9.84 Å². The molecule has 2 aromatic heterocycles. The minimum absolute atomic E-state index is 0.0859. The number of pyridine rings is 2. The van der Waals surface area contributed by atoms with Crippen molar-refractivity contribution >= 4 is 31.4 Å². The van der Waals surface area contributed by atoms with Gasteiger partial charge < -0.3 is 0 Å². The van der Waals surface area contributed by atoms with Crippen LogP contribution < -0.4 is 0 Å². The van der Waals surface area contributed by atoms with Gasteiger partial charge in [0.1, 0.15) is 0 Å². The Kier molecular flexibility index (Phi) is 2.29. The van der Waals surface area contributed by atoms with Gasteiger partial charge in [0.15, 0.2) is 5.03 Å². The summed E-state index contributed by atoms with van der Waals surface area (Å²) in [5, 5.41) is 3.60. The second-order valence-electron chi connectivity index (χ2n) is 5.54. The van der Waals surface area contributed by atoms with Crippen LogP contribution in [0, 0.1) is 0 Å². The Morgan fingerprint density at radius 3 is 2.61 bits per heavy atom. The number of rotatable bonds is 0. The summed E-state index contributed by atoms with van der Waals surface area (Å²) in [6, 6.07) is 14.9. The zero-order chi connectivity index (χ0) is 15.6. The third kappa shape index (κ3) is 1.52. The minimum Gasteiger partial charge on any atom is -0.255 e. The van der Waals surface area contributed by atoms with Crippen LogP contribution >= 0.6 is 0 Å². The van der Waals surface area contributed by atoms with E-state index in [9.17, 15) is 8.42 Å². The molecule has 0 atom stereocenters. The average molecular weight is 318 g/mol. The molecule has 1 aliphatic heterocycles. The van der Waals surface area contributed by atoms with Gasteiger partial charge in [-0.1, -0.05) is 24.3 Å². The summed E-state index contributed by atoms with van der Waals surface area (Å²) in [5.74, 6) is 0. The smallest absolute Gasteiger partial charge is 0.225 e. The first-order valence-electron chi connectivity index (χ1n) is 7.19. The molecule has 4 aromatic rings. The van der Waals surface area contributed by atoms with Crippen LogP contribution in [-0.2, 0) is 9.84 Å². The van der Waals surface area contributed by atoms with Crippen molar-refractivity contribution < 1.29 is 8.42 Å². The van der Waals surface area contributed by atoms with E-state index in [1.54, 1.807) is 24.4 Å². The van der Waals surface area contributed by atoms with Gasteiger partial charge >= 0.3 is 0 Å². The number of nitrogens with zero attached hydrogens (tertiary/aromatic N) is 2. The van der Waals surface area contributed by atoms with Crippen LogP contribution in [0.4, 0.5) is 0 Å². The number of hydrogen-bond donors (Lipinski definition) is 0. The normalized spacial score (nSPS) is 14.8. The summed E-state index contributed by atoms with van der Waals surface area (Å²) in [5.41, 5.74) is 1.25.